The number of carbonyl (C=O) groups is 1. The molecule has 176 valence electrons. The van der Waals surface area contributed by atoms with Crippen molar-refractivity contribution in [1.29, 1.82) is 0 Å². The molecule has 3 aromatic rings. The number of aromatic nitrogens is 4. The third-order valence-electron chi connectivity index (χ3n) is 6.51. The zero-order valence-electron chi connectivity index (χ0n) is 18.7. The first kappa shape index (κ1) is 22.2. The Balaban J connectivity index is 1.39. The summed E-state index contributed by atoms with van der Waals surface area (Å²) in [6, 6.07) is 5.40. The smallest absolute Gasteiger partial charge is 0.364 e. The number of anilines is 1. The van der Waals surface area contributed by atoms with Gasteiger partial charge in [-0.1, -0.05) is 6.07 Å². The summed E-state index contributed by atoms with van der Waals surface area (Å²) in [5.41, 5.74) is 2.49. The molecular weight excluding hydrogens is 445 g/mol. The number of nitrogens with zero attached hydrogens (tertiary/aromatic N) is 5. The molecule has 1 saturated carbocycles. The number of nitrogens with one attached hydrogen (secondary N) is 1. The molecule has 4 heterocycles. The van der Waals surface area contributed by atoms with E-state index in [1.165, 1.54) is 0 Å². The van der Waals surface area contributed by atoms with Gasteiger partial charge in [0.05, 0.1) is 29.7 Å². The molecule has 1 aliphatic carbocycles. The maximum atomic E-state index is 13.7. The molecule has 1 N–H and O–H groups in total. The van der Waals surface area contributed by atoms with Crippen molar-refractivity contribution < 1.29 is 18.0 Å². The summed E-state index contributed by atoms with van der Waals surface area (Å²) < 4.78 is 38.3. The van der Waals surface area contributed by atoms with Crippen LogP contribution in [0.25, 0.3) is 11.4 Å². The number of alkyl halides is 3. The van der Waals surface area contributed by atoms with Crippen molar-refractivity contribution in [2.45, 2.75) is 44.9 Å². The van der Waals surface area contributed by atoms with Crippen LogP contribution in [-0.2, 0) is 6.18 Å². The Morgan fingerprint density at radius 1 is 1.06 bits per heavy atom. The van der Waals surface area contributed by atoms with Crippen LogP contribution in [0.2, 0.25) is 0 Å². The third-order valence-corrected chi connectivity index (χ3v) is 6.51. The van der Waals surface area contributed by atoms with Crippen LogP contribution in [0.1, 0.15) is 40.0 Å². The fraction of sp³-hybridized carbons (Fsp3) is 0.375. The number of amides is 1. The predicted molar refractivity (Wildman–Crippen MR) is 119 cm³/mol. The first-order valence-corrected chi connectivity index (χ1v) is 11.1. The van der Waals surface area contributed by atoms with Crippen LogP contribution in [0.5, 0.6) is 0 Å². The van der Waals surface area contributed by atoms with Gasteiger partial charge >= 0.3 is 6.18 Å². The van der Waals surface area contributed by atoms with Crippen molar-refractivity contribution in [2.24, 2.45) is 5.92 Å². The normalized spacial score (nSPS) is 21.7. The summed E-state index contributed by atoms with van der Waals surface area (Å²) in [4.78, 5) is 31.9. The van der Waals surface area contributed by atoms with E-state index < -0.39 is 11.9 Å². The second kappa shape index (κ2) is 8.34. The minimum atomic E-state index is -4.54. The SMILES string of the molecule is Cc1cnc(-c2ncccc2C)c(C(=O)N2C[C@@H]3C[C@@H](Nc4cnc(C(F)(F)F)cn4)[C@@H]2C3)c1. The fourth-order valence-electron chi connectivity index (χ4n) is 4.96. The molecule has 2 aliphatic rings. The Labute approximate surface area is 194 Å². The molecular formula is C24H23F3N6O. The molecule has 1 amide bonds. The third kappa shape index (κ3) is 4.08. The van der Waals surface area contributed by atoms with Gasteiger partial charge in [-0.05, 0) is 55.9 Å². The van der Waals surface area contributed by atoms with Crippen LogP contribution in [-0.4, -0.2) is 49.4 Å². The van der Waals surface area contributed by atoms with Gasteiger partial charge in [-0.25, -0.2) is 9.97 Å². The molecule has 34 heavy (non-hydrogen) atoms. The van der Waals surface area contributed by atoms with Gasteiger partial charge in [-0.3, -0.25) is 14.8 Å². The molecule has 0 radical (unpaired) electrons. The molecule has 5 rings (SSSR count). The lowest BCUT2D eigenvalue weighted by atomic mass is 10.0. The first-order valence-electron chi connectivity index (χ1n) is 11.1. The van der Waals surface area contributed by atoms with Gasteiger partial charge in [-0.2, -0.15) is 13.2 Å². The Morgan fingerprint density at radius 3 is 2.56 bits per heavy atom. The van der Waals surface area contributed by atoms with Crippen molar-refractivity contribution in [3.05, 3.63) is 65.4 Å². The predicted octanol–water partition coefficient (Wildman–Crippen LogP) is 4.28. The average molecular weight is 468 g/mol. The van der Waals surface area contributed by atoms with Crippen LogP contribution in [0, 0.1) is 19.8 Å². The average Bonchev–Trinajstić information content (AvgIpc) is 3.40. The van der Waals surface area contributed by atoms with E-state index in [-0.39, 0.29) is 23.8 Å². The number of piperidine rings is 1. The Morgan fingerprint density at radius 2 is 1.88 bits per heavy atom. The molecule has 0 spiro atoms. The van der Waals surface area contributed by atoms with E-state index in [1.807, 2.05) is 36.9 Å². The summed E-state index contributed by atoms with van der Waals surface area (Å²) in [6.45, 7) is 4.46. The van der Waals surface area contributed by atoms with Gasteiger partial charge in [0.2, 0.25) is 0 Å². The topological polar surface area (TPSA) is 83.9 Å². The lowest BCUT2D eigenvalue weighted by Crippen LogP contribution is -2.48. The first-order chi connectivity index (χ1) is 16.2. The Hall–Kier alpha value is -3.56. The number of carbonyl (C=O) groups excluding carboxylic acids is 1. The molecule has 0 aromatic carbocycles. The molecule has 0 unspecified atom stereocenters. The number of halogens is 3. The van der Waals surface area contributed by atoms with E-state index in [9.17, 15) is 18.0 Å². The number of hydrogen-bond donors (Lipinski definition) is 1. The van der Waals surface area contributed by atoms with E-state index in [0.29, 0.717) is 29.4 Å². The minimum Gasteiger partial charge on any atom is -0.364 e. The van der Waals surface area contributed by atoms with Gasteiger partial charge in [0, 0.05) is 25.0 Å². The number of hydrogen-bond acceptors (Lipinski definition) is 6. The number of rotatable bonds is 4. The highest BCUT2D eigenvalue weighted by Gasteiger charge is 2.47. The lowest BCUT2D eigenvalue weighted by molar-refractivity contribution is -0.141. The van der Waals surface area contributed by atoms with E-state index in [2.05, 4.69) is 25.3 Å². The number of aryl methyl sites for hydroxylation is 2. The summed E-state index contributed by atoms with van der Waals surface area (Å²) in [5.74, 6) is 0.459. The number of likely N-dealkylation sites (tertiary alicyclic amines) is 1. The molecule has 3 aromatic heterocycles. The van der Waals surface area contributed by atoms with Crippen molar-refractivity contribution in [1.82, 2.24) is 24.8 Å². The molecule has 10 heteroatoms. The number of fused-ring (bicyclic) bond motifs is 2. The monoisotopic (exact) mass is 468 g/mol. The highest BCUT2D eigenvalue weighted by atomic mass is 19.4. The molecule has 2 bridgehead atoms. The zero-order valence-corrected chi connectivity index (χ0v) is 18.7. The number of pyridine rings is 2. The fourth-order valence-corrected chi connectivity index (χ4v) is 4.96. The van der Waals surface area contributed by atoms with E-state index in [0.717, 1.165) is 36.4 Å². The quantitative estimate of drug-likeness (QED) is 0.615. The largest absolute Gasteiger partial charge is 0.434 e. The summed E-state index contributed by atoms with van der Waals surface area (Å²) in [7, 11) is 0. The van der Waals surface area contributed by atoms with Gasteiger partial charge in [0.15, 0.2) is 5.69 Å². The second-order valence-electron chi connectivity index (χ2n) is 8.98. The van der Waals surface area contributed by atoms with Crippen LogP contribution in [0.3, 0.4) is 0 Å². The minimum absolute atomic E-state index is 0.0974. The van der Waals surface area contributed by atoms with E-state index in [1.54, 1.807) is 12.4 Å². The van der Waals surface area contributed by atoms with Crippen LogP contribution >= 0.6 is 0 Å². The van der Waals surface area contributed by atoms with Crippen molar-refractivity contribution in [3.63, 3.8) is 0 Å². The van der Waals surface area contributed by atoms with Crippen molar-refractivity contribution in [2.75, 3.05) is 11.9 Å². The Bertz CT molecular complexity index is 1230. The molecule has 1 aliphatic heterocycles. The second-order valence-corrected chi connectivity index (χ2v) is 8.98. The maximum Gasteiger partial charge on any atom is 0.434 e. The molecule has 2 fully saturated rings. The van der Waals surface area contributed by atoms with E-state index in [4.69, 9.17) is 0 Å². The van der Waals surface area contributed by atoms with Gasteiger partial charge in [0.25, 0.3) is 5.91 Å². The molecule has 1 saturated heterocycles. The van der Waals surface area contributed by atoms with Gasteiger partial charge in [-0.15, -0.1) is 0 Å². The lowest BCUT2D eigenvalue weighted by Gasteiger charge is -2.34. The van der Waals surface area contributed by atoms with E-state index >= 15 is 0 Å². The molecule has 3 atom stereocenters. The summed E-state index contributed by atoms with van der Waals surface area (Å²) in [6.07, 6.45) is 2.33. The summed E-state index contributed by atoms with van der Waals surface area (Å²) in [5, 5.41) is 3.19. The van der Waals surface area contributed by atoms with Gasteiger partial charge < -0.3 is 10.2 Å². The summed E-state index contributed by atoms with van der Waals surface area (Å²) >= 11 is 0. The highest BCUT2D eigenvalue weighted by Crippen LogP contribution is 2.40. The van der Waals surface area contributed by atoms with Crippen LogP contribution in [0.15, 0.2) is 43.0 Å². The molecule has 7 nitrogen and oxygen atoms in total. The van der Waals surface area contributed by atoms with Crippen molar-refractivity contribution >= 4 is 11.7 Å². The zero-order chi connectivity index (χ0) is 24.0. The Kier molecular flexibility index (Phi) is 5.45. The van der Waals surface area contributed by atoms with Crippen LogP contribution < -0.4 is 5.32 Å². The van der Waals surface area contributed by atoms with Crippen molar-refractivity contribution in [3.8, 4) is 11.4 Å². The maximum absolute atomic E-state index is 13.7. The van der Waals surface area contributed by atoms with Crippen LogP contribution in [0.4, 0.5) is 19.0 Å². The standard InChI is InChI=1S/C24H23F3N6O/c1-13-6-16(22(31-9-13)21-14(2)4-3-5-28-21)23(34)33-12-15-7-17(18(33)8-15)32-20-11-29-19(10-30-20)24(25,26)27/h3-6,9-11,15,17-18H,7-8,12H2,1-2H3,(H,30,32)/t15-,17-,18+/m1/s1. The highest BCUT2D eigenvalue weighted by molar-refractivity contribution is 6.00. The van der Waals surface area contributed by atoms with Gasteiger partial charge in [0.1, 0.15) is 11.5 Å².